The Labute approximate surface area is 123 Å². The summed E-state index contributed by atoms with van der Waals surface area (Å²) < 4.78 is 3.16. The van der Waals surface area contributed by atoms with E-state index >= 15 is 0 Å². The Bertz CT molecular complexity index is 646. The van der Waals surface area contributed by atoms with E-state index in [1.54, 1.807) is 16.9 Å². The Hall–Kier alpha value is -2.22. The van der Waals surface area contributed by atoms with Crippen LogP contribution in [0.2, 0.25) is 0 Å². The molecule has 0 saturated heterocycles. The van der Waals surface area contributed by atoms with Crippen molar-refractivity contribution < 1.29 is 0 Å². The van der Waals surface area contributed by atoms with Crippen LogP contribution in [-0.2, 0) is 6.54 Å². The Morgan fingerprint density at radius 2 is 2.14 bits per heavy atom. The second-order valence-electron chi connectivity index (χ2n) is 5.13. The first kappa shape index (κ1) is 15.2. The van der Waals surface area contributed by atoms with Gasteiger partial charge >= 0.3 is 0 Å². The lowest BCUT2D eigenvalue weighted by Gasteiger charge is -2.17. The molecule has 0 unspecified atom stereocenters. The number of nitrogens with two attached hydrogens (primary N) is 1. The summed E-state index contributed by atoms with van der Waals surface area (Å²) in [4.78, 5) is 18.2. The Morgan fingerprint density at radius 3 is 2.76 bits per heavy atom. The lowest BCUT2D eigenvalue weighted by atomic mass is 10.4. The SMILES string of the molecule is CC(C)n1ncnc1Cn1ncc(N(C)CCN)cc1=O. The molecule has 0 aliphatic heterocycles. The number of likely N-dealkylation sites (N-methyl/N-ethyl adjacent to an activating group) is 1. The summed E-state index contributed by atoms with van der Waals surface area (Å²) in [6.45, 7) is 5.53. The lowest BCUT2D eigenvalue weighted by molar-refractivity contribution is 0.482. The quantitative estimate of drug-likeness (QED) is 0.796. The van der Waals surface area contributed by atoms with Crippen molar-refractivity contribution in [3.8, 4) is 0 Å². The second kappa shape index (κ2) is 6.49. The highest BCUT2D eigenvalue weighted by Gasteiger charge is 2.10. The minimum absolute atomic E-state index is 0.172. The van der Waals surface area contributed by atoms with Crippen molar-refractivity contribution in [2.45, 2.75) is 26.4 Å². The van der Waals surface area contributed by atoms with Crippen molar-refractivity contribution in [3.63, 3.8) is 0 Å². The highest BCUT2D eigenvalue weighted by molar-refractivity contribution is 5.41. The highest BCUT2D eigenvalue weighted by atomic mass is 16.1. The lowest BCUT2D eigenvalue weighted by Crippen LogP contribution is -2.29. The van der Waals surface area contributed by atoms with Crippen LogP contribution in [-0.4, -0.2) is 44.7 Å². The molecule has 21 heavy (non-hydrogen) atoms. The van der Waals surface area contributed by atoms with Gasteiger partial charge in [0, 0.05) is 32.2 Å². The van der Waals surface area contributed by atoms with Crippen LogP contribution >= 0.6 is 0 Å². The predicted octanol–water partition coefficient (Wildman–Crippen LogP) is -0.141. The summed E-state index contributed by atoms with van der Waals surface area (Å²) >= 11 is 0. The monoisotopic (exact) mass is 291 g/mol. The molecule has 0 bridgehead atoms. The molecule has 0 aromatic carbocycles. The van der Waals surface area contributed by atoms with Crippen LogP contribution in [0.4, 0.5) is 5.69 Å². The fourth-order valence-electron chi connectivity index (χ4n) is 2.03. The number of hydrogen-bond acceptors (Lipinski definition) is 6. The zero-order valence-corrected chi connectivity index (χ0v) is 12.6. The number of aromatic nitrogens is 5. The van der Waals surface area contributed by atoms with Gasteiger partial charge in [-0.1, -0.05) is 0 Å². The van der Waals surface area contributed by atoms with E-state index in [2.05, 4.69) is 15.2 Å². The smallest absolute Gasteiger partial charge is 0.269 e. The number of hydrogen-bond donors (Lipinski definition) is 1. The van der Waals surface area contributed by atoms with Crippen LogP contribution in [0.25, 0.3) is 0 Å². The summed E-state index contributed by atoms with van der Waals surface area (Å²) in [7, 11) is 1.88. The fourth-order valence-corrected chi connectivity index (χ4v) is 2.03. The summed E-state index contributed by atoms with van der Waals surface area (Å²) in [6.07, 6.45) is 3.15. The van der Waals surface area contributed by atoms with Gasteiger partial charge in [-0.15, -0.1) is 0 Å². The van der Waals surface area contributed by atoms with Gasteiger partial charge < -0.3 is 10.6 Å². The van der Waals surface area contributed by atoms with Gasteiger partial charge in [0.1, 0.15) is 18.7 Å². The van der Waals surface area contributed by atoms with Gasteiger partial charge in [0.05, 0.1) is 11.9 Å². The fraction of sp³-hybridized carbons (Fsp3) is 0.538. The molecule has 2 rings (SSSR count). The Kier molecular flexibility index (Phi) is 4.69. The van der Waals surface area contributed by atoms with Crippen LogP contribution in [0, 0.1) is 0 Å². The maximum Gasteiger partial charge on any atom is 0.269 e. The van der Waals surface area contributed by atoms with E-state index in [1.165, 1.54) is 11.0 Å². The second-order valence-corrected chi connectivity index (χ2v) is 5.13. The first-order valence-electron chi connectivity index (χ1n) is 6.89. The van der Waals surface area contributed by atoms with Gasteiger partial charge in [0.15, 0.2) is 0 Å². The number of anilines is 1. The van der Waals surface area contributed by atoms with Gasteiger partial charge in [-0.3, -0.25) is 4.79 Å². The van der Waals surface area contributed by atoms with Gasteiger partial charge in [0.2, 0.25) is 0 Å². The van der Waals surface area contributed by atoms with E-state index in [0.717, 1.165) is 5.69 Å². The molecule has 114 valence electrons. The third kappa shape index (κ3) is 3.46. The van der Waals surface area contributed by atoms with Crippen molar-refractivity contribution in [3.05, 3.63) is 34.8 Å². The molecule has 0 atom stereocenters. The van der Waals surface area contributed by atoms with E-state index in [4.69, 9.17) is 5.73 Å². The average Bonchev–Trinajstić information content (AvgIpc) is 2.89. The van der Waals surface area contributed by atoms with Crippen LogP contribution < -0.4 is 16.2 Å². The van der Waals surface area contributed by atoms with E-state index in [1.807, 2.05) is 25.8 Å². The van der Waals surface area contributed by atoms with Gasteiger partial charge in [-0.05, 0) is 13.8 Å². The van der Waals surface area contributed by atoms with E-state index in [0.29, 0.717) is 25.5 Å². The average molecular weight is 291 g/mol. The van der Waals surface area contributed by atoms with E-state index in [-0.39, 0.29) is 11.6 Å². The van der Waals surface area contributed by atoms with Crippen molar-refractivity contribution in [1.29, 1.82) is 0 Å². The third-order valence-electron chi connectivity index (χ3n) is 3.19. The van der Waals surface area contributed by atoms with Crippen LogP contribution in [0.1, 0.15) is 25.7 Å². The molecule has 2 aromatic heterocycles. The largest absolute Gasteiger partial charge is 0.372 e. The van der Waals surface area contributed by atoms with Crippen molar-refractivity contribution in [2.24, 2.45) is 5.73 Å². The van der Waals surface area contributed by atoms with Gasteiger partial charge in [0.25, 0.3) is 5.56 Å². The van der Waals surface area contributed by atoms with E-state index < -0.39 is 0 Å². The van der Waals surface area contributed by atoms with Crippen molar-refractivity contribution in [1.82, 2.24) is 24.5 Å². The summed E-state index contributed by atoms with van der Waals surface area (Å²) in [5.74, 6) is 0.711. The maximum absolute atomic E-state index is 12.1. The minimum Gasteiger partial charge on any atom is -0.372 e. The van der Waals surface area contributed by atoms with Crippen LogP contribution in [0.3, 0.4) is 0 Å². The van der Waals surface area contributed by atoms with Gasteiger partial charge in [-0.25, -0.2) is 14.3 Å². The van der Waals surface area contributed by atoms with Crippen molar-refractivity contribution in [2.75, 3.05) is 25.0 Å². The summed E-state index contributed by atoms with van der Waals surface area (Å²) in [6, 6.07) is 1.74. The molecule has 8 heteroatoms. The molecule has 0 amide bonds. The molecule has 2 heterocycles. The molecule has 8 nitrogen and oxygen atoms in total. The highest BCUT2D eigenvalue weighted by Crippen LogP contribution is 2.08. The molecule has 0 aliphatic rings. The molecular weight excluding hydrogens is 270 g/mol. The zero-order valence-electron chi connectivity index (χ0n) is 12.6. The Morgan fingerprint density at radius 1 is 1.38 bits per heavy atom. The maximum atomic E-state index is 12.1. The standard InChI is InChI=1S/C13H21N7O/c1-10(2)20-12(15-9-17-20)8-19-13(21)6-11(7-16-19)18(3)5-4-14/h6-7,9-10H,4-5,8,14H2,1-3H3. The molecule has 2 aromatic rings. The third-order valence-corrected chi connectivity index (χ3v) is 3.19. The Balaban J connectivity index is 2.22. The van der Waals surface area contributed by atoms with Gasteiger partial charge in [-0.2, -0.15) is 10.2 Å². The summed E-state index contributed by atoms with van der Waals surface area (Å²) in [5.41, 5.74) is 6.09. The first-order valence-corrected chi connectivity index (χ1v) is 6.89. The molecule has 0 aliphatic carbocycles. The minimum atomic E-state index is -0.172. The number of nitrogens with zero attached hydrogens (tertiary/aromatic N) is 6. The summed E-state index contributed by atoms with van der Waals surface area (Å²) in [5, 5.41) is 8.35. The zero-order chi connectivity index (χ0) is 15.4. The van der Waals surface area contributed by atoms with Crippen molar-refractivity contribution >= 4 is 5.69 Å². The molecule has 0 radical (unpaired) electrons. The molecule has 2 N–H and O–H groups in total. The number of rotatable bonds is 6. The van der Waals surface area contributed by atoms with E-state index in [9.17, 15) is 4.79 Å². The molecular formula is C13H21N7O. The topological polar surface area (TPSA) is 94.9 Å². The predicted molar refractivity (Wildman–Crippen MR) is 80.3 cm³/mol. The molecule has 0 saturated carbocycles. The van der Waals surface area contributed by atoms with Crippen LogP contribution in [0.15, 0.2) is 23.4 Å². The molecule has 0 spiro atoms. The first-order chi connectivity index (χ1) is 10.0. The van der Waals surface area contributed by atoms with Crippen LogP contribution in [0.5, 0.6) is 0 Å². The molecule has 0 fully saturated rings. The normalized spacial score (nSPS) is 11.1.